The molecule has 0 atom stereocenters. The maximum atomic E-state index is 13.5. The van der Waals surface area contributed by atoms with Crippen LogP contribution in [0, 0.1) is 6.92 Å². The second kappa shape index (κ2) is 9.92. The first-order valence-electron chi connectivity index (χ1n) is 10.8. The van der Waals surface area contributed by atoms with Gasteiger partial charge in [-0.3, -0.25) is 14.2 Å². The van der Waals surface area contributed by atoms with Crippen LogP contribution in [0.4, 0.5) is 0 Å². The Bertz CT molecular complexity index is 1320. The maximum Gasteiger partial charge on any atom is 0.352 e. The van der Waals surface area contributed by atoms with Crippen molar-refractivity contribution in [1.82, 2.24) is 19.2 Å². The number of methoxy groups -OCH3 is 2. The van der Waals surface area contributed by atoms with Crippen LogP contribution in [-0.4, -0.2) is 65.7 Å². The number of carbonyl (C=O) groups excluding carboxylic acids is 1. The highest BCUT2D eigenvalue weighted by Gasteiger charge is 2.26. The first kappa shape index (κ1) is 23.2. The Morgan fingerprint density at radius 2 is 1.74 bits per heavy atom. The van der Waals surface area contributed by atoms with Crippen LogP contribution >= 0.6 is 0 Å². The van der Waals surface area contributed by atoms with E-state index in [9.17, 15) is 14.4 Å². The van der Waals surface area contributed by atoms with E-state index in [1.807, 2.05) is 31.2 Å². The van der Waals surface area contributed by atoms with E-state index in [1.165, 1.54) is 19.1 Å². The van der Waals surface area contributed by atoms with E-state index in [4.69, 9.17) is 14.2 Å². The molecule has 0 aliphatic carbocycles. The van der Waals surface area contributed by atoms with E-state index in [-0.39, 0.29) is 12.2 Å². The molecule has 10 heteroatoms. The molecule has 0 N–H and O–H groups in total. The quantitative estimate of drug-likeness (QED) is 0.538. The molecular weight excluding hydrogens is 440 g/mol. The fourth-order valence-electron chi connectivity index (χ4n) is 3.79. The van der Waals surface area contributed by atoms with E-state index in [2.05, 4.69) is 5.10 Å². The molecule has 0 saturated carbocycles. The van der Waals surface area contributed by atoms with Gasteiger partial charge in [0.05, 0.1) is 39.7 Å². The minimum atomic E-state index is -0.735. The summed E-state index contributed by atoms with van der Waals surface area (Å²) in [5, 5.41) is 4.22. The van der Waals surface area contributed by atoms with E-state index >= 15 is 0 Å². The molecule has 1 saturated heterocycles. The Morgan fingerprint density at radius 1 is 1.03 bits per heavy atom. The largest absolute Gasteiger partial charge is 0.493 e. The molecule has 10 nitrogen and oxygen atoms in total. The van der Waals surface area contributed by atoms with Gasteiger partial charge in [-0.2, -0.15) is 9.78 Å². The Morgan fingerprint density at radius 3 is 2.41 bits per heavy atom. The lowest BCUT2D eigenvalue weighted by molar-refractivity contribution is 0.0295. The average Bonchev–Trinajstić information content (AvgIpc) is 2.87. The second-order valence-electron chi connectivity index (χ2n) is 7.80. The SMILES string of the molecule is COc1ccc(-n2nc(C(=O)N3CCOCC3)c(=O)n(Cc3ccccc3C)c2=O)cc1OC. The Kier molecular flexibility index (Phi) is 6.78. The van der Waals surface area contributed by atoms with E-state index in [0.29, 0.717) is 43.5 Å². The summed E-state index contributed by atoms with van der Waals surface area (Å²) in [6, 6.07) is 12.3. The molecule has 4 rings (SSSR count). The molecule has 0 bridgehead atoms. The monoisotopic (exact) mass is 466 g/mol. The molecule has 1 aliphatic rings. The third kappa shape index (κ3) is 4.44. The molecule has 34 heavy (non-hydrogen) atoms. The van der Waals surface area contributed by atoms with Crippen LogP contribution in [0.25, 0.3) is 5.69 Å². The fraction of sp³-hybridized carbons (Fsp3) is 0.333. The fourth-order valence-corrected chi connectivity index (χ4v) is 3.79. The smallest absolute Gasteiger partial charge is 0.352 e. The van der Waals surface area contributed by atoms with E-state index < -0.39 is 17.2 Å². The first-order chi connectivity index (χ1) is 16.4. The van der Waals surface area contributed by atoms with Crippen molar-refractivity contribution in [2.45, 2.75) is 13.5 Å². The Hall–Kier alpha value is -3.92. The number of ether oxygens (including phenoxy) is 3. The van der Waals surface area contributed by atoms with Gasteiger partial charge in [-0.1, -0.05) is 24.3 Å². The van der Waals surface area contributed by atoms with Crippen molar-refractivity contribution < 1.29 is 19.0 Å². The van der Waals surface area contributed by atoms with Crippen molar-refractivity contribution in [1.29, 1.82) is 0 Å². The molecule has 3 aromatic rings. The highest BCUT2D eigenvalue weighted by Crippen LogP contribution is 2.28. The third-order valence-electron chi connectivity index (χ3n) is 5.76. The predicted octanol–water partition coefficient (Wildman–Crippen LogP) is 1.24. The van der Waals surface area contributed by atoms with Gasteiger partial charge in [0.15, 0.2) is 11.5 Å². The molecule has 1 aromatic heterocycles. The number of aromatic nitrogens is 3. The van der Waals surface area contributed by atoms with Crippen LogP contribution < -0.4 is 20.7 Å². The zero-order valence-electron chi connectivity index (χ0n) is 19.3. The number of nitrogens with zero attached hydrogens (tertiary/aromatic N) is 4. The van der Waals surface area contributed by atoms with E-state index in [1.54, 1.807) is 18.2 Å². The van der Waals surface area contributed by atoms with Crippen LogP contribution in [-0.2, 0) is 11.3 Å². The summed E-state index contributed by atoms with van der Waals surface area (Å²) in [6.07, 6.45) is 0. The van der Waals surface area contributed by atoms with Crippen molar-refractivity contribution in [2.75, 3.05) is 40.5 Å². The molecule has 0 spiro atoms. The number of morpholine rings is 1. The van der Waals surface area contributed by atoms with Crippen LogP contribution in [0.1, 0.15) is 21.6 Å². The Balaban J connectivity index is 1.90. The standard InChI is InChI=1S/C24H26N4O6/c1-16-6-4-5-7-17(16)15-27-23(30)21(22(29)26-10-12-34-13-11-26)25-28(24(27)31)18-8-9-19(32-2)20(14-18)33-3/h4-9,14H,10-13,15H2,1-3H3. The number of carbonyl (C=O) groups is 1. The summed E-state index contributed by atoms with van der Waals surface area (Å²) >= 11 is 0. The van der Waals surface area contributed by atoms with E-state index in [0.717, 1.165) is 20.4 Å². The molecule has 1 amide bonds. The zero-order valence-corrected chi connectivity index (χ0v) is 19.3. The van der Waals surface area contributed by atoms with Gasteiger partial charge in [-0.05, 0) is 30.2 Å². The van der Waals surface area contributed by atoms with Crippen molar-refractivity contribution in [2.24, 2.45) is 0 Å². The summed E-state index contributed by atoms with van der Waals surface area (Å²) in [5.41, 5.74) is 0.309. The first-order valence-corrected chi connectivity index (χ1v) is 10.8. The maximum absolute atomic E-state index is 13.5. The number of benzene rings is 2. The molecule has 0 radical (unpaired) electrons. The lowest BCUT2D eigenvalue weighted by Crippen LogP contribution is -2.48. The third-order valence-corrected chi connectivity index (χ3v) is 5.76. The summed E-state index contributed by atoms with van der Waals surface area (Å²) in [5.74, 6) is 0.310. The summed E-state index contributed by atoms with van der Waals surface area (Å²) in [4.78, 5) is 41.6. The summed E-state index contributed by atoms with van der Waals surface area (Å²) < 4.78 is 18.0. The molecule has 0 unspecified atom stereocenters. The topological polar surface area (TPSA) is 105 Å². The Labute approximate surface area is 195 Å². The van der Waals surface area contributed by atoms with Gasteiger partial charge in [0.2, 0.25) is 5.69 Å². The van der Waals surface area contributed by atoms with Gasteiger partial charge in [0.1, 0.15) is 0 Å². The van der Waals surface area contributed by atoms with Crippen molar-refractivity contribution in [3.63, 3.8) is 0 Å². The predicted molar refractivity (Wildman–Crippen MR) is 124 cm³/mol. The van der Waals surface area contributed by atoms with Crippen LogP contribution in [0.3, 0.4) is 0 Å². The van der Waals surface area contributed by atoms with Gasteiger partial charge >= 0.3 is 5.69 Å². The number of rotatable bonds is 6. The van der Waals surface area contributed by atoms with Gasteiger partial charge in [0.25, 0.3) is 11.5 Å². The van der Waals surface area contributed by atoms with Gasteiger partial charge in [0, 0.05) is 19.2 Å². The van der Waals surface area contributed by atoms with Gasteiger partial charge in [-0.25, -0.2) is 4.79 Å². The molecule has 1 fully saturated rings. The van der Waals surface area contributed by atoms with Crippen LogP contribution in [0.15, 0.2) is 52.1 Å². The number of hydrogen-bond acceptors (Lipinski definition) is 7. The molecular formula is C24H26N4O6. The summed E-state index contributed by atoms with van der Waals surface area (Å²) in [6.45, 7) is 3.33. The molecule has 2 heterocycles. The van der Waals surface area contributed by atoms with Crippen molar-refractivity contribution in [3.05, 3.63) is 80.1 Å². The minimum absolute atomic E-state index is 0.00351. The minimum Gasteiger partial charge on any atom is -0.493 e. The molecule has 178 valence electrons. The van der Waals surface area contributed by atoms with Crippen molar-refractivity contribution in [3.8, 4) is 17.2 Å². The zero-order chi connectivity index (χ0) is 24.2. The second-order valence-corrected chi connectivity index (χ2v) is 7.80. The average molecular weight is 466 g/mol. The number of aryl methyl sites for hydroxylation is 1. The number of amides is 1. The van der Waals surface area contributed by atoms with Gasteiger partial charge < -0.3 is 19.1 Å². The van der Waals surface area contributed by atoms with Crippen LogP contribution in [0.2, 0.25) is 0 Å². The molecule has 2 aromatic carbocycles. The lowest BCUT2D eigenvalue weighted by atomic mass is 10.1. The summed E-state index contributed by atoms with van der Waals surface area (Å²) in [7, 11) is 2.98. The normalized spacial score (nSPS) is 13.6. The highest BCUT2D eigenvalue weighted by atomic mass is 16.5. The molecule has 1 aliphatic heterocycles. The lowest BCUT2D eigenvalue weighted by Gasteiger charge is -2.26. The number of hydrogen-bond donors (Lipinski definition) is 0. The van der Waals surface area contributed by atoms with Gasteiger partial charge in [-0.15, -0.1) is 0 Å². The van der Waals surface area contributed by atoms with Crippen LogP contribution in [0.5, 0.6) is 11.5 Å². The van der Waals surface area contributed by atoms with Crippen molar-refractivity contribution >= 4 is 5.91 Å². The highest BCUT2D eigenvalue weighted by molar-refractivity contribution is 5.91.